The summed E-state index contributed by atoms with van der Waals surface area (Å²) in [6, 6.07) is 5.11. The minimum atomic E-state index is 0.0726. The van der Waals surface area contributed by atoms with E-state index in [0.29, 0.717) is 15.7 Å². The molecule has 1 atom stereocenters. The van der Waals surface area contributed by atoms with Crippen molar-refractivity contribution in [3.63, 3.8) is 0 Å². The number of hydrogen-bond donors (Lipinski definition) is 1. The molecule has 1 saturated heterocycles. The minimum Gasteiger partial charge on any atom is -0.326 e. The number of amides is 1. The van der Waals surface area contributed by atoms with Gasteiger partial charge in [0.15, 0.2) is 0 Å². The molecule has 86 valence electrons. The Labute approximate surface area is 109 Å². The molecule has 1 aliphatic heterocycles. The summed E-state index contributed by atoms with van der Waals surface area (Å²) in [5.41, 5.74) is 0.705. The lowest BCUT2D eigenvalue weighted by molar-refractivity contribution is -0.119. The third kappa shape index (κ3) is 2.84. The zero-order chi connectivity index (χ0) is 11.5. The Morgan fingerprint density at radius 1 is 1.38 bits per heavy atom. The molecule has 2 rings (SSSR count). The highest BCUT2D eigenvalue weighted by molar-refractivity contribution is 7.99. The fraction of sp³-hybridized carbons (Fsp3) is 0.364. The molecular formula is C11H11Cl2NOS. The molecule has 5 heteroatoms. The highest BCUT2D eigenvalue weighted by Gasteiger charge is 2.23. The summed E-state index contributed by atoms with van der Waals surface area (Å²) in [7, 11) is 0. The van der Waals surface area contributed by atoms with E-state index in [1.54, 1.807) is 18.2 Å². The van der Waals surface area contributed by atoms with E-state index >= 15 is 0 Å². The number of carbonyl (C=O) groups is 1. The molecule has 1 fully saturated rings. The van der Waals surface area contributed by atoms with Crippen LogP contribution in [0, 0.1) is 5.92 Å². The highest BCUT2D eigenvalue weighted by Crippen LogP contribution is 2.27. The quantitative estimate of drug-likeness (QED) is 0.892. The van der Waals surface area contributed by atoms with Gasteiger partial charge < -0.3 is 5.32 Å². The number of nitrogens with one attached hydrogen (secondary N) is 1. The summed E-state index contributed by atoms with van der Waals surface area (Å²) >= 11 is 13.5. The van der Waals surface area contributed by atoms with Crippen molar-refractivity contribution in [3.05, 3.63) is 28.2 Å². The first kappa shape index (κ1) is 12.1. The van der Waals surface area contributed by atoms with Crippen molar-refractivity contribution >= 4 is 46.6 Å². The molecule has 1 aromatic carbocycles. The van der Waals surface area contributed by atoms with Crippen LogP contribution in [-0.4, -0.2) is 17.4 Å². The maximum absolute atomic E-state index is 11.8. The third-order valence-electron chi connectivity index (χ3n) is 2.49. The van der Waals surface area contributed by atoms with Crippen LogP contribution in [0.25, 0.3) is 0 Å². The van der Waals surface area contributed by atoms with Crippen LogP contribution in [0.1, 0.15) is 6.42 Å². The van der Waals surface area contributed by atoms with E-state index in [0.717, 1.165) is 17.9 Å². The van der Waals surface area contributed by atoms with Gasteiger partial charge in [-0.05, 0) is 30.4 Å². The highest BCUT2D eigenvalue weighted by atomic mass is 35.5. The first-order valence-corrected chi connectivity index (χ1v) is 6.91. The summed E-state index contributed by atoms with van der Waals surface area (Å²) in [5, 5.41) is 3.81. The van der Waals surface area contributed by atoms with Gasteiger partial charge in [-0.15, -0.1) is 0 Å². The molecule has 0 radical (unpaired) electrons. The lowest BCUT2D eigenvalue weighted by Gasteiger charge is -2.10. The summed E-state index contributed by atoms with van der Waals surface area (Å²) in [4.78, 5) is 11.8. The molecule has 1 amide bonds. The average molecular weight is 276 g/mol. The number of hydrogen-bond acceptors (Lipinski definition) is 2. The molecule has 1 aromatic rings. The first-order valence-electron chi connectivity index (χ1n) is 5.00. The summed E-state index contributed by atoms with van der Waals surface area (Å²) in [6.45, 7) is 0. The third-order valence-corrected chi connectivity index (χ3v) is 4.39. The molecule has 0 aromatic heterocycles. The second kappa shape index (κ2) is 5.30. The first-order chi connectivity index (χ1) is 7.66. The molecule has 0 bridgehead atoms. The molecule has 1 aliphatic rings. The summed E-state index contributed by atoms with van der Waals surface area (Å²) in [6.07, 6.45) is 0.956. The lowest BCUT2D eigenvalue weighted by atomic mass is 10.1. The fourth-order valence-corrected chi connectivity index (χ4v) is 3.08. The number of rotatable bonds is 2. The van der Waals surface area contributed by atoms with E-state index in [4.69, 9.17) is 23.2 Å². The minimum absolute atomic E-state index is 0.0726. The molecule has 0 spiro atoms. The molecule has 1 unspecified atom stereocenters. The van der Waals surface area contributed by atoms with Crippen LogP contribution in [0.2, 0.25) is 10.0 Å². The van der Waals surface area contributed by atoms with Crippen molar-refractivity contribution in [3.8, 4) is 0 Å². The number of benzene rings is 1. The predicted octanol–water partition coefficient (Wildman–Crippen LogP) is 3.69. The largest absolute Gasteiger partial charge is 0.326 e. The molecule has 1 heterocycles. The van der Waals surface area contributed by atoms with Crippen LogP contribution in [0.4, 0.5) is 5.69 Å². The number of thioether (sulfide) groups is 1. The number of carbonyl (C=O) groups excluding carboxylic acids is 1. The maximum Gasteiger partial charge on any atom is 0.228 e. The fourth-order valence-electron chi connectivity index (χ4n) is 1.56. The van der Waals surface area contributed by atoms with Crippen molar-refractivity contribution in [2.75, 3.05) is 16.8 Å². The summed E-state index contributed by atoms with van der Waals surface area (Å²) in [5.74, 6) is 2.18. The van der Waals surface area contributed by atoms with E-state index in [1.165, 1.54) is 0 Å². The monoisotopic (exact) mass is 275 g/mol. The second-order valence-corrected chi connectivity index (χ2v) is 5.64. The Kier molecular flexibility index (Phi) is 4.00. The molecular weight excluding hydrogens is 265 g/mol. The standard InChI is InChI=1S/C11H11Cl2NOS/c12-9-2-1-8(5-10(9)13)14-11(15)7-3-4-16-6-7/h1-2,5,7H,3-4,6H2,(H,14,15). The Morgan fingerprint density at radius 3 is 2.81 bits per heavy atom. The van der Waals surface area contributed by atoms with Crippen LogP contribution < -0.4 is 5.32 Å². The van der Waals surface area contributed by atoms with Gasteiger partial charge in [-0.2, -0.15) is 11.8 Å². The van der Waals surface area contributed by atoms with Gasteiger partial charge in [0.1, 0.15) is 0 Å². The van der Waals surface area contributed by atoms with E-state index < -0.39 is 0 Å². The van der Waals surface area contributed by atoms with Crippen LogP contribution >= 0.6 is 35.0 Å². The Morgan fingerprint density at radius 2 is 2.19 bits per heavy atom. The van der Waals surface area contributed by atoms with Crippen LogP contribution in [0.15, 0.2) is 18.2 Å². The molecule has 0 aliphatic carbocycles. The normalized spacial score (nSPS) is 19.8. The molecule has 2 nitrogen and oxygen atoms in total. The zero-order valence-electron chi connectivity index (χ0n) is 8.50. The average Bonchev–Trinajstić information content (AvgIpc) is 2.77. The van der Waals surface area contributed by atoms with Crippen LogP contribution in [0.3, 0.4) is 0 Å². The van der Waals surface area contributed by atoms with Crippen molar-refractivity contribution in [1.29, 1.82) is 0 Å². The van der Waals surface area contributed by atoms with Crippen LogP contribution in [0.5, 0.6) is 0 Å². The Hall–Kier alpha value is -0.380. The maximum atomic E-state index is 11.8. The topological polar surface area (TPSA) is 29.1 Å². The van der Waals surface area contributed by atoms with Crippen molar-refractivity contribution in [2.45, 2.75) is 6.42 Å². The van der Waals surface area contributed by atoms with E-state index in [-0.39, 0.29) is 11.8 Å². The SMILES string of the molecule is O=C(Nc1ccc(Cl)c(Cl)c1)C1CCSC1. The van der Waals surface area contributed by atoms with Crippen molar-refractivity contribution in [1.82, 2.24) is 0 Å². The Balaban J connectivity index is 2.02. The van der Waals surface area contributed by atoms with Crippen molar-refractivity contribution < 1.29 is 4.79 Å². The van der Waals surface area contributed by atoms with E-state index in [1.807, 2.05) is 11.8 Å². The molecule has 1 N–H and O–H groups in total. The van der Waals surface area contributed by atoms with Gasteiger partial charge in [-0.1, -0.05) is 23.2 Å². The van der Waals surface area contributed by atoms with Gasteiger partial charge in [-0.3, -0.25) is 4.79 Å². The predicted molar refractivity (Wildman–Crippen MR) is 70.5 cm³/mol. The van der Waals surface area contributed by atoms with Gasteiger partial charge in [0.25, 0.3) is 0 Å². The van der Waals surface area contributed by atoms with Crippen molar-refractivity contribution in [2.24, 2.45) is 5.92 Å². The summed E-state index contributed by atoms with van der Waals surface area (Å²) < 4.78 is 0. The number of halogens is 2. The van der Waals surface area contributed by atoms with E-state index in [2.05, 4.69) is 5.32 Å². The Bertz CT molecular complexity index is 405. The van der Waals surface area contributed by atoms with E-state index in [9.17, 15) is 4.79 Å². The van der Waals surface area contributed by atoms with Gasteiger partial charge in [-0.25, -0.2) is 0 Å². The molecule has 16 heavy (non-hydrogen) atoms. The zero-order valence-corrected chi connectivity index (χ0v) is 10.8. The second-order valence-electron chi connectivity index (χ2n) is 3.68. The van der Waals surface area contributed by atoms with Gasteiger partial charge in [0.05, 0.1) is 10.0 Å². The lowest BCUT2D eigenvalue weighted by Crippen LogP contribution is -2.22. The number of anilines is 1. The van der Waals surface area contributed by atoms with Crippen LogP contribution in [-0.2, 0) is 4.79 Å². The molecule has 0 saturated carbocycles. The van der Waals surface area contributed by atoms with Gasteiger partial charge in [0, 0.05) is 17.4 Å². The van der Waals surface area contributed by atoms with Gasteiger partial charge >= 0.3 is 0 Å². The van der Waals surface area contributed by atoms with Gasteiger partial charge in [0.2, 0.25) is 5.91 Å². The smallest absolute Gasteiger partial charge is 0.228 e.